The maximum Gasteiger partial charge on any atom is 0.0352 e. The van der Waals surface area contributed by atoms with E-state index in [1.807, 2.05) is 12.1 Å². The lowest BCUT2D eigenvalue weighted by atomic mass is 9.63. The van der Waals surface area contributed by atoms with Crippen molar-refractivity contribution in [2.75, 3.05) is 25.4 Å². The molecule has 1 aromatic carbocycles. The molecule has 2 rings (SSSR count). The van der Waals surface area contributed by atoms with Crippen LogP contribution in [-0.4, -0.2) is 24.5 Å². The fourth-order valence-electron chi connectivity index (χ4n) is 2.97. The molecular formula is C15H24N2. The summed E-state index contributed by atoms with van der Waals surface area (Å²) in [4.78, 5) is 2.52. The number of benzene rings is 1. The highest BCUT2D eigenvalue weighted by Gasteiger charge is 2.40. The number of anilines is 1. The van der Waals surface area contributed by atoms with Crippen LogP contribution in [0.4, 0.5) is 5.69 Å². The van der Waals surface area contributed by atoms with Crippen molar-refractivity contribution in [1.29, 1.82) is 0 Å². The summed E-state index contributed by atoms with van der Waals surface area (Å²) in [7, 11) is 0. The van der Waals surface area contributed by atoms with Gasteiger partial charge in [-0.15, -0.1) is 0 Å². The van der Waals surface area contributed by atoms with Gasteiger partial charge in [-0.2, -0.15) is 0 Å². The van der Waals surface area contributed by atoms with Crippen LogP contribution in [0.15, 0.2) is 24.3 Å². The molecular weight excluding hydrogens is 208 g/mol. The van der Waals surface area contributed by atoms with Crippen LogP contribution in [0, 0.1) is 0 Å². The molecule has 0 amide bonds. The van der Waals surface area contributed by atoms with Gasteiger partial charge in [-0.25, -0.2) is 0 Å². The van der Waals surface area contributed by atoms with E-state index < -0.39 is 0 Å². The van der Waals surface area contributed by atoms with Crippen molar-refractivity contribution in [3.63, 3.8) is 0 Å². The average Bonchev–Trinajstić information content (AvgIpc) is 2.30. The van der Waals surface area contributed by atoms with Crippen LogP contribution in [-0.2, 0) is 5.41 Å². The molecule has 1 fully saturated rings. The molecule has 0 saturated heterocycles. The van der Waals surface area contributed by atoms with E-state index in [4.69, 9.17) is 5.73 Å². The minimum Gasteiger partial charge on any atom is -0.398 e. The van der Waals surface area contributed by atoms with Crippen molar-refractivity contribution in [2.24, 2.45) is 0 Å². The molecule has 1 saturated carbocycles. The summed E-state index contributed by atoms with van der Waals surface area (Å²) in [5, 5.41) is 0. The fraction of sp³-hybridized carbons (Fsp3) is 0.600. The molecule has 2 heteroatoms. The lowest BCUT2D eigenvalue weighted by molar-refractivity contribution is 0.149. The molecule has 0 aliphatic heterocycles. The second-order valence-electron chi connectivity index (χ2n) is 5.18. The Hall–Kier alpha value is -1.02. The molecule has 94 valence electrons. The van der Waals surface area contributed by atoms with Gasteiger partial charge >= 0.3 is 0 Å². The highest BCUT2D eigenvalue weighted by Crippen LogP contribution is 2.46. The van der Waals surface area contributed by atoms with Gasteiger partial charge in [0.15, 0.2) is 0 Å². The molecule has 1 aliphatic rings. The summed E-state index contributed by atoms with van der Waals surface area (Å²) in [5.41, 5.74) is 8.83. The van der Waals surface area contributed by atoms with Crippen molar-refractivity contribution < 1.29 is 0 Å². The van der Waals surface area contributed by atoms with Crippen molar-refractivity contribution in [1.82, 2.24) is 4.90 Å². The summed E-state index contributed by atoms with van der Waals surface area (Å²) in [6.07, 6.45) is 3.92. The van der Waals surface area contributed by atoms with Crippen molar-refractivity contribution in [3.8, 4) is 0 Å². The van der Waals surface area contributed by atoms with Crippen LogP contribution in [0.5, 0.6) is 0 Å². The number of nitrogen functional groups attached to an aromatic ring is 1. The third kappa shape index (κ3) is 2.32. The molecule has 17 heavy (non-hydrogen) atoms. The van der Waals surface area contributed by atoms with Crippen LogP contribution in [0.2, 0.25) is 0 Å². The molecule has 1 aromatic rings. The van der Waals surface area contributed by atoms with E-state index in [0.717, 1.165) is 25.3 Å². The Bertz CT molecular complexity index is 365. The van der Waals surface area contributed by atoms with Crippen LogP contribution in [0.1, 0.15) is 38.7 Å². The molecule has 2 nitrogen and oxygen atoms in total. The number of para-hydroxylation sites is 1. The van der Waals surface area contributed by atoms with E-state index >= 15 is 0 Å². The van der Waals surface area contributed by atoms with Gasteiger partial charge in [0.2, 0.25) is 0 Å². The van der Waals surface area contributed by atoms with Gasteiger partial charge in [0.25, 0.3) is 0 Å². The maximum absolute atomic E-state index is 6.16. The van der Waals surface area contributed by atoms with E-state index in [0.29, 0.717) is 5.41 Å². The van der Waals surface area contributed by atoms with Crippen molar-refractivity contribution in [3.05, 3.63) is 29.8 Å². The lowest BCUT2D eigenvalue weighted by Gasteiger charge is -2.46. The first-order valence-corrected chi connectivity index (χ1v) is 6.79. The number of nitrogens with zero attached hydrogens (tertiary/aromatic N) is 1. The SMILES string of the molecule is CCN(CC)CC1(c2ccccc2N)CCC1. The molecule has 0 heterocycles. The molecule has 1 aliphatic carbocycles. The van der Waals surface area contributed by atoms with Gasteiger partial charge in [-0.05, 0) is 37.6 Å². The van der Waals surface area contributed by atoms with Crippen LogP contribution < -0.4 is 5.73 Å². The zero-order valence-electron chi connectivity index (χ0n) is 11.1. The van der Waals surface area contributed by atoms with Gasteiger partial charge in [0.05, 0.1) is 0 Å². The minimum atomic E-state index is 0.331. The topological polar surface area (TPSA) is 29.3 Å². The smallest absolute Gasteiger partial charge is 0.0352 e. The third-order valence-electron chi connectivity index (χ3n) is 4.26. The summed E-state index contributed by atoms with van der Waals surface area (Å²) < 4.78 is 0. The van der Waals surface area contributed by atoms with E-state index in [-0.39, 0.29) is 0 Å². The average molecular weight is 232 g/mol. The van der Waals surface area contributed by atoms with Crippen LogP contribution in [0.25, 0.3) is 0 Å². The van der Waals surface area contributed by atoms with Crippen molar-refractivity contribution in [2.45, 2.75) is 38.5 Å². The molecule has 2 N–H and O–H groups in total. The quantitative estimate of drug-likeness (QED) is 0.791. The highest BCUT2D eigenvalue weighted by molar-refractivity contribution is 5.51. The summed E-state index contributed by atoms with van der Waals surface area (Å²) in [6.45, 7) is 7.90. The maximum atomic E-state index is 6.16. The molecule has 0 spiro atoms. The first-order valence-electron chi connectivity index (χ1n) is 6.79. The van der Waals surface area contributed by atoms with E-state index in [1.54, 1.807) is 0 Å². The normalized spacial score (nSPS) is 18.1. The van der Waals surface area contributed by atoms with Gasteiger partial charge < -0.3 is 10.6 Å². The number of hydrogen-bond acceptors (Lipinski definition) is 2. The predicted octanol–water partition coefficient (Wildman–Crippen LogP) is 3.03. The second-order valence-corrected chi connectivity index (χ2v) is 5.18. The lowest BCUT2D eigenvalue weighted by Crippen LogP contribution is -2.46. The van der Waals surface area contributed by atoms with Crippen molar-refractivity contribution >= 4 is 5.69 Å². The zero-order chi connectivity index (χ0) is 12.3. The Morgan fingerprint density at radius 1 is 1.18 bits per heavy atom. The molecule has 0 atom stereocenters. The Morgan fingerprint density at radius 2 is 1.82 bits per heavy atom. The fourth-order valence-corrected chi connectivity index (χ4v) is 2.97. The molecule has 0 unspecified atom stereocenters. The molecule has 0 aromatic heterocycles. The number of nitrogens with two attached hydrogens (primary N) is 1. The zero-order valence-corrected chi connectivity index (χ0v) is 11.1. The van der Waals surface area contributed by atoms with Gasteiger partial charge in [0.1, 0.15) is 0 Å². The number of hydrogen-bond donors (Lipinski definition) is 1. The van der Waals surface area contributed by atoms with Crippen LogP contribution in [0.3, 0.4) is 0 Å². The van der Waals surface area contributed by atoms with Gasteiger partial charge in [0, 0.05) is 17.6 Å². The Balaban J connectivity index is 2.23. The van der Waals surface area contributed by atoms with Gasteiger partial charge in [-0.1, -0.05) is 38.5 Å². The Kier molecular flexibility index (Phi) is 3.72. The first-order chi connectivity index (χ1) is 8.22. The number of likely N-dealkylation sites (N-methyl/N-ethyl adjacent to an activating group) is 1. The largest absolute Gasteiger partial charge is 0.398 e. The number of rotatable bonds is 5. The Morgan fingerprint density at radius 3 is 2.29 bits per heavy atom. The second kappa shape index (κ2) is 5.09. The third-order valence-corrected chi connectivity index (χ3v) is 4.26. The highest BCUT2D eigenvalue weighted by atomic mass is 15.1. The van der Waals surface area contributed by atoms with Gasteiger partial charge in [-0.3, -0.25) is 0 Å². The predicted molar refractivity (Wildman–Crippen MR) is 74.2 cm³/mol. The molecule has 0 radical (unpaired) electrons. The summed E-state index contributed by atoms with van der Waals surface area (Å²) >= 11 is 0. The molecule has 0 bridgehead atoms. The van der Waals surface area contributed by atoms with E-state index in [9.17, 15) is 0 Å². The summed E-state index contributed by atoms with van der Waals surface area (Å²) in [6, 6.07) is 8.41. The first kappa shape index (κ1) is 12.4. The monoisotopic (exact) mass is 232 g/mol. The van der Waals surface area contributed by atoms with E-state index in [2.05, 4.69) is 30.9 Å². The Labute approximate surface area is 105 Å². The minimum absolute atomic E-state index is 0.331. The summed E-state index contributed by atoms with van der Waals surface area (Å²) in [5.74, 6) is 0. The van der Waals surface area contributed by atoms with E-state index in [1.165, 1.54) is 24.8 Å². The standard InChI is InChI=1S/C15H24N2/c1-3-17(4-2)12-15(10-7-11-15)13-8-5-6-9-14(13)16/h5-6,8-9H,3-4,7,10-12,16H2,1-2H3. The van der Waals surface area contributed by atoms with Crippen LogP contribution >= 0.6 is 0 Å².